The molecule has 0 aliphatic carbocycles. The average Bonchev–Trinajstić information content (AvgIpc) is 2.83. The number of amides is 1. The maximum Gasteiger partial charge on any atom is 0.227 e. The maximum atomic E-state index is 12.8. The predicted molar refractivity (Wildman–Crippen MR) is 104 cm³/mol. The lowest BCUT2D eigenvalue weighted by Crippen LogP contribution is -2.52. The van der Waals surface area contributed by atoms with Crippen LogP contribution in [0.5, 0.6) is 0 Å². The van der Waals surface area contributed by atoms with E-state index in [1.54, 1.807) is 0 Å². The van der Waals surface area contributed by atoms with Gasteiger partial charge in [0.05, 0.1) is 19.6 Å². The van der Waals surface area contributed by atoms with Crippen LogP contribution in [0, 0.1) is 5.41 Å². The van der Waals surface area contributed by atoms with Crippen molar-refractivity contribution < 1.29 is 9.53 Å². The van der Waals surface area contributed by atoms with Crippen molar-refractivity contribution in [3.63, 3.8) is 0 Å². The highest BCUT2D eigenvalue weighted by Gasteiger charge is 2.40. The smallest absolute Gasteiger partial charge is 0.227 e. The summed E-state index contributed by atoms with van der Waals surface area (Å²) in [6.45, 7) is 7.45. The van der Waals surface area contributed by atoms with Gasteiger partial charge in [0.1, 0.15) is 0 Å². The van der Waals surface area contributed by atoms with Crippen LogP contribution in [0.15, 0.2) is 30.3 Å². The van der Waals surface area contributed by atoms with Gasteiger partial charge in [-0.1, -0.05) is 30.3 Å². The SMILES string of the molecule is CN(C)CCN1CCOC[C@@]2(CCCN(C(=O)Cc3ccccc3)C2)C1. The second kappa shape index (κ2) is 8.98. The number of carbonyl (C=O) groups excluding carboxylic acids is 1. The van der Waals surface area contributed by atoms with E-state index >= 15 is 0 Å². The Bertz CT molecular complexity index is 578. The van der Waals surface area contributed by atoms with Crippen LogP contribution >= 0.6 is 0 Å². The molecule has 1 aromatic carbocycles. The Morgan fingerprint density at radius 3 is 2.77 bits per heavy atom. The molecule has 2 aliphatic heterocycles. The molecule has 2 aliphatic rings. The Kier molecular flexibility index (Phi) is 6.68. The summed E-state index contributed by atoms with van der Waals surface area (Å²) in [6.07, 6.45) is 2.73. The molecule has 3 rings (SSSR count). The molecule has 1 amide bonds. The van der Waals surface area contributed by atoms with Crippen molar-refractivity contribution in [2.24, 2.45) is 5.41 Å². The lowest BCUT2D eigenvalue weighted by Gasteiger charge is -2.43. The van der Waals surface area contributed by atoms with E-state index in [1.807, 2.05) is 30.3 Å². The first kappa shape index (κ1) is 19.3. The molecule has 1 aromatic rings. The zero-order valence-electron chi connectivity index (χ0n) is 16.3. The Hall–Kier alpha value is -1.43. The van der Waals surface area contributed by atoms with E-state index in [1.165, 1.54) is 0 Å². The van der Waals surface area contributed by atoms with Crippen LogP contribution in [0.2, 0.25) is 0 Å². The fourth-order valence-electron chi connectivity index (χ4n) is 4.16. The van der Waals surface area contributed by atoms with E-state index in [0.717, 1.165) is 70.9 Å². The van der Waals surface area contributed by atoms with Crippen molar-refractivity contribution in [1.82, 2.24) is 14.7 Å². The number of hydrogen-bond donors (Lipinski definition) is 0. The molecule has 0 saturated carbocycles. The van der Waals surface area contributed by atoms with Gasteiger partial charge in [-0.25, -0.2) is 0 Å². The third kappa shape index (κ3) is 5.29. The summed E-state index contributed by atoms with van der Waals surface area (Å²) in [5.74, 6) is 0.249. The number of hydrogen-bond acceptors (Lipinski definition) is 4. The molecular weight excluding hydrogens is 326 g/mol. The first-order valence-electron chi connectivity index (χ1n) is 9.83. The van der Waals surface area contributed by atoms with Crippen LogP contribution in [-0.4, -0.2) is 87.2 Å². The molecule has 2 saturated heterocycles. The summed E-state index contributed by atoms with van der Waals surface area (Å²) in [6, 6.07) is 10.1. The number of benzene rings is 1. The van der Waals surface area contributed by atoms with Crippen LogP contribution in [-0.2, 0) is 16.0 Å². The van der Waals surface area contributed by atoms with Crippen LogP contribution in [0.25, 0.3) is 0 Å². The summed E-state index contributed by atoms with van der Waals surface area (Å²) in [7, 11) is 4.24. The van der Waals surface area contributed by atoms with Crippen molar-refractivity contribution >= 4 is 5.91 Å². The fourth-order valence-corrected chi connectivity index (χ4v) is 4.16. The number of carbonyl (C=O) groups is 1. The van der Waals surface area contributed by atoms with Crippen molar-refractivity contribution in [3.05, 3.63) is 35.9 Å². The van der Waals surface area contributed by atoms with E-state index in [4.69, 9.17) is 4.74 Å². The molecule has 1 spiro atoms. The molecule has 0 aromatic heterocycles. The van der Waals surface area contributed by atoms with Crippen molar-refractivity contribution in [2.75, 3.05) is 66.6 Å². The van der Waals surface area contributed by atoms with E-state index < -0.39 is 0 Å². The molecule has 0 bridgehead atoms. The van der Waals surface area contributed by atoms with Gasteiger partial charge in [-0.3, -0.25) is 9.69 Å². The van der Waals surface area contributed by atoms with Gasteiger partial charge in [0.15, 0.2) is 0 Å². The topological polar surface area (TPSA) is 36.0 Å². The standard InChI is InChI=1S/C21H33N3O2/c1-22(2)11-12-23-13-14-26-18-21(16-23)9-6-10-24(17-21)20(25)15-19-7-4-3-5-8-19/h3-5,7-8H,6,9-18H2,1-2H3/t21-/m0/s1. The number of ether oxygens (including phenoxy) is 1. The molecule has 144 valence electrons. The lowest BCUT2D eigenvalue weighted by molar-refractivity contribution is -0.135. The zero-order valence-corrected chi connectivity index (χ0v) is 16.3. The van der Waals surface area contributed by atoms with Gasteiger partial charge in [0.2, 0.25) is 5.91 Å². The highest BCUT2D eigenvalue weighted by atomic mass is 16.5. The Morgan fingerprint density at radius 2 is 2.00 bits per heavy atom. The molecule has 0 radical (unpaired) electrons. The minimum Gasteiger partial charge on any atom is -0.379 e. The second-order valence-corrected chi connectivity index (χ2v) is 8.21. The van der Waals surface area contributed by atoms with Gasteiger partial charge in [0, 0.05) is 44.7 Å². The Labute approximate surface area is 157 Å². The molecule has 5 nitrogen and oxygen atoms in total. The molecule has 5 heteroatoms. The quantitative estimate of drug-likeness (QED) is 0.802. The maximum absolute atomic E-state index is 12.8. The van der Waals surface area contributed by atoms with E-state index in [-0.39, 0.29) is 11.3 Å². The molecule has 0 N–H and O–H groups in total. The first-order valence-corrected chi connectivity index (χ1v) is 9.83. The lowest BCUT2D eigenvalue weighted by atomic mass is 9.80. The molecule has 0 unspecified atom stereocenters. The second-order valence-electron chi connectivity index (χ2n) is 8.21. The Morgan fingerprint density at radius 1 is 1.19 bits per heavy atom. The highest BCUT2D eigenvalue weighted by molar-refractivity contribution is 5.79. The van der Waals surface area contributed by atoms with Gasteiger partial charge in [-0.15, -0.1) is 0 Å². The van der Waals surface area contributed by atoms with Crippen LogP contribution in [0.1, 0.15) is 18.4 Å². The predicted octanol–water partition coefficient (Wildman–Crippen LogP) is 1.73. The van der Waals surface area contributed by atoms with Gasteiger partial charge in [-0.2, -0.15) is 0 Å². The van der Waals surface area contributed by atoms with E-state index in [9.17, 15) is 4.79 Å². The summed E-state index contributed by atoms with van der Waals surface area (Å²) in [5, 5.41) is 0. The number of piperidine rings is 1. The van der Waals surface area contributed by atoms with Crippen molar-refractivity contribution in [1.29, 1.82) is 0 Å². The summed E-state index contributed by atoms with van der Waals surface area (Å²) < 4.78 is 5.98. The summed E-state index contributed by atoms with van der Waals surface area (Å²) in [4.78, 5) is 19.7. The van der Waals surface area contributed by atoms with Crippen LogP contribution < -0.4 is 0 Å². The van der Waals surface area contributed by atoms with Gasteiger partial charge >= 0.3 is 0 Å². The van der Waals surface area contributed by atoms with Crippen molar-refractivity contribution in [2.45, 2.75) is 19.3 Å². The van der Waals surface area contributed by atoms with Gasteiger partial charge in [0.25, 0.3) is 0 Å². The fraction of sp³-hybridized carbons (Fsp3) is 0.667. The number of likely N-dealkylation sites (tertiary alicyclic amines) is 1. The number of nitrogens with zero attached hydrogens (tertiary/aromatic N) is 3. The normalized spacial score (nSPS) is 24.8. The molecule has 2 heterocycles. The summed E-state index contributed by atoms with van der Waals surface area (Å²) in [5.41, 5.74) is 1.19. The summed E-state index contributed by atoms with van der Waals surface area (Å²) >= 11 is 0. The van der Waals surface area contributed by atoms with Gasteiger partial charge in [-0.05, 0) is 32.5 Å². The zero-order chi connectivity index (χ0) is 18.4. The largest absolute Gasteiger partial charge is 0.379 e. The van der Waals surface area contributed by atoms with Crippen LogP contribution in [0.3, 0.4) is 0 Å². The Balaban J connectivity index is 1.62. The van der Waals surface area contributed by atoms with Crippen LogP contribution in [0.4, 0.5) is 0 Å². The highest BCUT2D eigenvalue weighted by Crippen LogP contribution is 2.33. The molecular formula is C21H33N3O2. The third-order valence-electron chi connectivity index (χ3n) is 5.59. The molecule has 1 atom stereocenters. The van der Waals surface area contributed by atoms with Crippen molar-refractivity contribution in [3.8, 4) is 0 Å². The average molecular weight is 360 g/mol. The molecule has 2 fully saturated rings. The van der Waals surface area contributed by atoms with E-state index in [0.29, 0.717) is 6.42 Å². The third-order valence-corrected chi connectivity index (χ3v) is 5.59. The van der Waals surface area contributed by atoms with Gasteiger partial charge < -0.3 is 14.5 Å². The minimum atomic E-state index is 0.0907. The number of rotatable bonds is 5. The monoisotopic (exact) mass is 359 g/mol. The first-order chi connectivity index (χ1) is 12.6. The van der Waals surface area contributed by atoms with E-state index in [2.05, 4.69) is 28.8 Å². The number of likely N-dealkylation sites (N-methyl/N-ethyl adjacent to an activating group) is 1. The minimum absolute atomic E-state index is 0.0907. The molecule has 26 heavy (non-hydrogen) atoms.